The molecule has 5 rings (SSSR count). The SMILES string of the molecule is C=CCO[C@@]12Oc3ccc(Oc4ccc(C)c(C)c4)cc3[C@H]3[C@H](CCCCO)[C@@H](CCCCO)C=C(C(=NOC(C)(C)C)C[C@@H]1SCC)[C@H]32. The molecular weight excluding hydrogens is 635 g/mol. The Kier molecular flexibility index (Phi) is 12.6. The lowest BCUT2D eigenvalue weighted by Gasteiger charge is -2.58. The third-order valence-corrected chi connectivity index (χ3v) is 11.4. The Morgan fingerprint density at radius 1 is 1.00 bits per heavy atom. The van der Waals surface area contributed by atoms with Crippen LogP contribution in [0.2, 0.25) is 0 Å². The van der Waals surface area contributed by atoms with Crippen LogP contribution in [0.5, 0.6) is 17.2 Å². The minimum Gasteiger partial charge on any atom is -0.460 e. The number of ether oxygens (including phenoxy) is 3. The number of hydrogen-bond acceptors (Lipinski definition) is 8. The summed E-state index contributed by atoms with van der Waals surface area (Å²) in [5, 5.41) is 24.4. The molecule has 1 aliphatic heterocycles. The van der Waals surface area contributed by atoms with Crippen LogP contribution in [0.3, 0.4) is 0 Å². The van der Waals surface area contributed by atoms with E-state index in [1.807, 2.05) is 50.7 Å². The molecule has 8 heteroatoms. The number of rotatable bonds is 16. The number of unbranched alkanes of at least 4 members (excludes halogenated alkanes) is 2. The van der Waals surface area contributed by atoms with Crippen molar-refractivity contribution in [3.05, 3.63) is 77.4 Å². The van der Waals surface area contributed by atoms with Crippen LogP contribution in [0.25, 0.3) is 0 Å². The van der Waals surface area contributed by atoms with Crippen molar-refractivity contribution in [2.45, 2.75) is 109 Å². The zero-order valence-corrected chi connectivity index (χ0v) is 31.2. The lowest BCUT2D eigenvalue weighted by molar-refractivity contribution is -0.223. The van der Waals surface area contributed by atoms with Crippen molar-refractivity contribution in [3.8, 4) is 17.2 Å². The number of fused-ring (bicyclic) bond motifs is 2. The van der Waals surface area contributed by atoms with E-state index in [0.29, 0.717) is 13.0 Å². The van der Waals surface area contributed by atoms with Crippen LogP contribution in [0.4, 0.5) is 0 Å². The molecule has 7 nitrogen and oxygen atoms in total. The van der Waals surface area contributed by atoms with Crippen molar-refractivity contribution in [2.75, 3.05) is 25.6 Å². The molecule has 0 aromatic heterocycles. The Morgan fingerprint density at radius 3 is 2.39 bits per heavy atom. The number of nitrogens with zero attached hydrogens (tertiary/aromatic N) is 1. The highest BCUT2D eigenvalue weighted by molar-refractivity contribution is 8.00. The number of aliphatic hydroxyl groups excluding tert-OH is 2. The Hall–Kier alpha value is -2.78. The van der Waals surface area contributed by atoms with Crippen LogP contribution in [0.1, 0.15) is 95.2 Å². The molecule has 3 aliphatic rings. The lowest BCUT2D eigenvalue weighted by atomic mass is 9.56. The smallest absolute Gasteiger partial charge is 0.230 e. The van der Waals surface area contributed by atoms with Gasteiger partial charge in [0, 0.05) is 31.1 Å². The third-order valence-electron chi connectivity index (χ3n) is 10.1. The van der Waals surface area contributed by atoms with Gasteiger partial charge in [-0.2, -0.15) is 11.8 Å². The van der Waals surface area contributed by atoms with E-state index < -0.39 is 11.4 Å². The summed E-state index contributed by atoms with van der Waals surface area (Å²) in [5.74, 6) is 2.74. The van der Waals surface area contributed by atoms with Gasteiger partial charge >= 0.3 is 0 Å². The standard InChI is InChI=1S/C41H57NO6S/c1-8-22-45-41-37(49-9-2)26-35(42-48-40(5,6)7)33-24-29(14-10-12-20-43)32(15-11-13-21-44)38(39(33)41)34-25-31(18-19-36(34)47-41)46-30-17-16-27(3)28(4)23-30/h8,16-19,23-25,29,32,37-39,43-44H,1,9-15,20-22,26H2,2-7H3/t29-,32+,37-,38+,39+,41+/m0/s1. The summed E-state index contributed by atoms with van der Waals surface area (Å²) in [4.78, 5) is 6.15. The molecule has 49 heavy (non-hydrogen) atoms. The fourth-order valence-electron chi connectivity index (χ4n) is 7.85. The second-order valence-electron chi connectivity index (χ2n) is 14.8. The maximum atomic E-state index is 9.82. The van der Waals surface area contributed by atoms with Crippen molar-refractivity contribution >= 4 is 17.5 Å². The third kappa shape index (κ3) is 8.41. The summed E-state index contributed by atoms with van der Waals surface area (Å²) in [5.41, 5.74) is 5.20. The largest absolute Gasteiger partial charge is 0.460 e. The highest BCUT2D eigenvalue weighted by atomic mass is 32.2. The van der Waals surface area contributed by atoms with Gasteiger partial charge in [0.15, 0.2) is 0 Å². The summed E-state index contributed by atoms with van der Waals surface area (Å²) < 4.78 is 20.7. The summed E-state index contributed by atoms with van der Waals surface area (Å²) >= 11 is 1.85. The van der Waals surface area contributed by atoms with Gasteiger partial charge in [-0.25, -0.2) is 0 Å². The quantitative estimate of drug-likeness (QED) is 0.103. The van der Waals surface area contributed by atoms with Gasteiger partial charge in [0.25, 0.3) is 0 Å². The molecule has 1 fully saturated rings. The Morgan fingerprint density at radius 2 is 1.71 bits per heavy atom. The van der Waals surface area contributed by atoms with Crippen LogP contribution in [0, 0.1) is 31.6 Å². The highest BCUT2D eigenvalue weighted by Crippen LogP contribution is 2.62. The number of aryl methyl sites for hydroxylation is 2. The number of benzene rings is 2. The lowest BCUT2D eigenvalue weighted by Crippen LogP contribution is -2.64. The van der Waals surface area contributed by atoms with E-state index in [2.05, 4.69) is 57.7 Å². The van der Waals surface area contributed by atoms with Gasteiger partial charge in [0.05, 0.1) is 23.5 Å². The summed E-state index contributed by atoms with van der Waals surface area (Å²) in [6.45, 7) is 17.2. The molecule has 0 bridgehead atoms. The molecule has 0 radical (unpaired) electrons. The average molecular weight is 692 g/mol. The Bertz CT molecular complexity index is 1500. The molecule has 0 unspecified atom stereocenters. The molecule has 2 aromatic carbocycles. The van der Waals surface area contributed by atoms with Crippen molar-refractivity contribution in [2.24, 2.45) is 22.9 Å². The average Bonchev–Trinajstić information content (AvgIpc) is 3.06. The first kappa shape index (κ1) is 37.5. The predicted octanol–water partition coefficient (Wildman–Crippen LogP) is 9.28. The molecule has 1 saturated carbocycles. The second kappa shape index (κ2) is 16.5. The molecule has 0 saturated heterocycles. The molecule has 2 N–H and O–H groups in total. The Labute approximate surface area is 298 Å². The van der Waals surface area contributed by atoms with E-state index in [9.17, 15) is 10.2 Å². The zero-order valence-electron chi connectivity index (χ0n) is 30.4. The molecule has 0 amide bonds. The maximum absolute atomic E-state index is 9.82. The number of thioether (sulfide) groups is 1. The number of aliphatic hydroxyl groups is 2. The van der Waals surface area contributed by atoms with E-state index in [0.717, 1.165) is 78.4 Å². The summed E-state index contributed by atoms with van der Waals surface area (Å²) in [6, 6.07) is 12.4. The fourth-order valence-corrected chi connectivity index (χ4v) is 9.02. The van der Waals surface area contributed by atoms with E-state index in [1.165, 1.54) is 11.1 Å². The van der Waals surface area contributed by atoms with E-state index >= 15 is 0 Å². The second-order valence-corrected chi connectivity index (χ2v) is 16.2. The Balaban J connectivity index is 1.72. The van der Waals surface area contributed by atoms with Gasteiger partial charge < -0.3 is 29.3 Å². The highest BCUT2D eigenvalue weighted by Gasteiger charge is 2.63. The van der Waals surface area contributed by atoms with Gasteiger partial charge in [0.2, 0.25) is 5.79 Å². The summed E-state index contributed by atoms with van der Waals surface area (Å²) in [6.07, 6.45) is 10.2. The first-order chi connectivity index (χ1) is 23.5. The normalized spacial score (nSPS) is 26.7. The van der Waals surface area contributed by atoms with Crippen molar-refractivity contribution in [1.29, 1.82) is 0 Å². The molecule has 2 aromatic rings. The van der Waals surface area contributed by atoms with Gasteiger partial charge in [-0.1, -0.05) is 43.1 Å². The van der Waals surface area contributed by atoms with Gasteiger partial charge in [0.1, 0.15) is 22.8 Å². The zero-order chi connectivity index (χ0) is 35.2. The van der Waals surface area contributed by atoms with Crippen LogP contribution < -0.4 is 9.47 Å². The first-order valence-electron chi connectivity index (χ1n) is 18.2. The topological polar surface area (TPSA) is 89.7 Å². The minimum absolute atomic E-state index is 0.0342. The van der Waals surface area contributed by atoms with Crippen LogP contribution in [0.15, 0.2) is 65.9 Å². The van der Waals surface area contributed by atoms with E-state index in [1.54, 1.807) is 0 Å². The molecule has 6 atom stereocenters. The molecule has 2 aliphatic carbocycles. The predicted molar refractivity (Wildman–Crippen MR) is 200 cm³/mol. The van der Waals surface area contributed by atoms with Crippen molar-refractivity contribution < 1.29 is 29.3 Å². The van der Waals surface area contributed by atoms with E-state index in [4.69, 9.17) is 24.2 Å². The molecule has 0 spiro atoms. The monoisotopic (exact) mass is 691 g/mol. The van der Waals surface area contributed by atoms with Crippen LogP contribution in [-0.4, -0.2) is 58.1 Å². The van der Waals surface area contributed by atoms with Gasteiger partial charge in [-0.05, 0) is 125 Å². The van der Waals surface area contributed by atoms with Gasteiger partial charge in [-0.15, -0.1) is 6.58 Å². The van der Waals surface area contributed by atoms with E-state index in [-0.39, 0.29) is 42.1 Å². The fraction of sp³-hybridized carbons (Fsp3) is 0.585. The van der Waals surface area contributed by atoms with Gasteiger partial charge in [-0.3, -0.25) is 0 Å². The summed E-state index contributed by atoms with van der Waals surface area (Å²) in [7, 11) is 0. The van der Waals surface area contributed by atoms with Crippen LogP contribution in [-0.2, 0) is 9.57 Å². The van der Waals surface area contributed by atoms with Crippen LogP contribution >= 0.6 is 11.8 Å². The number of allylic oxidation sites excluding steroid dienone is 1. The molecule has 1 heterocycles. The van der Waals surface area contributed by atoms with Crippen molar-refractivity contribution in [1.82, 2.24) is 0 Å². The minimum atomic E-state index is -0.944. The number of oxime groups is 1. The first-order valence-corrected chi connectivity index (χ1v) is 19.2. The molecular formula is C41H57NO6S. The van der Waals surface area contributed by atoms with Crippen molar-refractivity contribution in [3.63, 3.8) is 0 Å². The number of hydrogen-bond donors (Lipinski definition) is 2. The maximum Gasteiger partial charge on any atom is 0.230 e. The molecule has 268 valence electrons.